The molecule has 5 rings (SSSR count). The van der Waals surface area contributed by atoms with E-state index in [0.29, 0.717) is 0 Å². The molecule has 0 N–H and O–H groups in total. The van der Waals surface area contributed by atoms with Crippen LogP contribution in [0.2, 0.25) is 0 Å². The summed E-state index contributed by atoms with van der Waals surface area (Å²) in [6.07, 6.45) is 1.88. The lowest BCUT2D eigenvalue weighted by Crippen LogP contribution is -1.88. The Morgan fingerprint density at radius 1 is 0.452 bits per heavy atom. The van der Waals surface area contributed by atoms with Gasteiger partial charge in [-0.1, -0.05) is 109 Å². The number of halogens is 1. The molecule has 0 saturated heterocycles. The number of hydrogen-bond acceptors (Lipinski definition) is 1. The number of pyridine rings is 1. The maximum atomic E-state index is 4.59. The third-order valence-electron chi connectivity index (χ3n) is 5.45. The van der Waals surface area contributed by atoms with Crippen LogP contribution in [0.5, 0.6) is 0 Å². The zero-order valence-electron chi connectivity index (χ0n) is 16.9. The first kappa shape index (κ1) is 19.5. The Hall–Kier alpha value is -3.49. The Kier molecular flexibility index (Phi) is 5.47. The van der Waals surface area contributed by atoms with E-state index in [2.05, 4.69) is 112 Å². The van der Waals surface area contributed by atoms with Crippen molar-refractivity contribution in [1.82, 2.24) is 4.98 Å². The molecule has 1 heterocycles. The van der Waals surface area contributed by atoms with Gasteiger partial charge in [0.05, 0.1) is 5.69 Å². The molecule has 148 valence electrons. The van der Waals surface area contributed by atoms with Gasteiger partial charge < -0.3 is 0 Å². The first-order valence-electron chi connectivity index (χ1n) is 10.3. The maximum absolute atomic E-state index is 4.59. The van der Waals surface area contributed by atoms with E-state index in [1.165, 1.54) is 22.3 Å². The van der Waals surface area contributed by atoms with E-state index in [-0.39, 0.29) is 0 Å². The third-order valence-corrected chi connectivity index (χ3v) is 6.08. The van der Waals surface area contributed by atoms with Gasteiger partial charge in [0.25, 0.3) is 0 Å². The normalized spacial score (nSPS) is 10.7. The number of hydrogen-bond donors (Lipinski definition) is 0. The van der Waals surface area contributed by atoms with E-state index < -0.39 is 0 Å². The van der Waals surface area contributed by atoms with Crippen LogP contribution < -0.4 is 0 Å². The van der Waals surface area contributed by atoms with Crippen molar-refractivity contribution in [2.24, 2.45) is 0 Å². The van der Waals surface area contributed by atoms with Gasteiger partial charge >= 0.3 is 0 Å². The standard InChI is InChI=1S/C29H20BrN/c30-28-20-31-29(26-9-5-2-6-10-26)19-27(28)25-17-15-24(16-18-25)23-13-11-22(12-14-23)21-7-3-1-4-8-21/h1-20H. The lowest BCUT2D eigenvalue weighted by atomic mass is 9.98. The van der Waals surface area contributed by atoms with Gasteiger partial charge in [0.15, 0.2) is 0 Å². The first-order chi connectivity index (χ1) is 15.3. The molecule has 0 amide bonds. The van der Waals surface area contributed by atoms with E-state index >= 15 is 0 Å². The summed E-state index contributed by atoms with van der Waals surface area (Å²) in [6, 6.07) is 40.3. The lowest BCUT2D eigenvalue weighted by Gasteiger charge is -2.10. The molecule has 2 heteroatoms. The minimum atomic E-state index is 0.972. The Morgan fingerprint density at radius 2 is 0.871 bits per heavy atom. The van der Waals surface area contributed by atoms with Gasteiger partial charge in [0.2, 0.25) is 0 Å². The van der Waals surface area contributed by atoms with Gasteiger partial charge in [0, 0.05) is 16.2 Å². The van der Waals surface area contributed by atoms with Crippen molar-refractivity contribution in [2.45, 2.75) is 0 Å². The molecular weight excluding hydrogens is 442 g/mol. The Morgan fingerprint density at radius 3 is 1.39 bits per heavy atom. The van der Waals surface area contributed by atoms with Crippen LogP contribution in [-0.2, 0) is 0 Å². The highest BCUT2D eigenvalue weighted by molar-refractivity contribution is 9.10. The number of aromatic nitrogens is 1. The molecule has 0 bridgehead atoms. The van der Waals surface area contributed by atoms with Crippen molar-refractivity contribution in [2.75, 3.05) is 0 Å². The topological polar surface area (TPSA) is 12.9 Å². The summed E-state index contributed by atoms with van der Waals surface area (Å²) < 4.78 is 0.993. The highest BCUT2D eigenvalue weighted by atomic mass is 79.9. The van der Waals surface area contributed by atoms with E-state index in [1.54, 1.807) is 0 Å². The average Bonchev–Trinajstić information content (AvgIpc) is 2.86. The Labute approximate surface area is 191 Å². The van der Waals surface area contributed by atoms with E-state index in [4.69, 9.17) is 0 Å². The van der Waals surface area contributed by atoms with Crippen molar-refractivity contribution >= 4 is 15.9 Å². The van der Waals surface area contributed by atoms with Gasteiger partial charge in [-0.25, -0.2) is 0 Å². The molecule has 0 aliphatic carbocycles. The highest BCUT2D eigenvalue weighted by Gasteiger charge is 2.08. The minimum Gasteiger partial charge on any atom is -0.255 e. The Bertz CT molecular complexity index is 1290. The van der Waals surface area contributed by atoms with E-state index in [1.807, 2.05) is 30.5 Å². The second kappa shape index (κ2) is 8.71. The highest BCUT2D eigenvalue weighted by Crippen LogP contribution is 2.33. The molecule has 1 nitrogen and oxygen atoms in total. The molecule has 5 aromatic rings. The van der Waals surface area contributed by atoms with E-state index in [0.717, 1.165) is 26.9 Å². The van der Waals surface area contributed by atoms with Crippen LogP contribution in [0.15, 0.2) is 126 Å². The maximum Gasteiger partial charge on any atom is 0.0709 e. The zero-order chi connectivity index (χ0) is 21.0. The SMILES string of the molecule is Brc1cnc(-c2ccccc2)cc1-c1ccc(-c2ccc(-c3ccccc3)cc2)cc1. The monoisotopic (exact) mass is 461 g/mol. The second-order valence-electron chi connectivity index (χ2n) is 7.44. The zero-order valence-corrected chi connectivity index (χ0v) is 18.5. The molecule has 0 saturated carbocycles. The summed E-state index contributed by atoms with van der Waals surface area (Å²) >= 11 is 3.67. The van der Waals surface area contributed by atoms with Crippen LogP contribution in [-0.4, -0.2) is 4.98 Å². The molecule has 0 radical (unpaired) electrons. The quantitative estimate of drug-likeness (QED) is 0.261. The van der Waals surface area contributed by atoms with Crippen LogP contribution in [0.4, 0.5) is 0 Å². The molecule has 4 aromatic carbocycles. The lowest BCUT2D eigenvalue weighted by molar-refractivity contribution is 1.31. The van der Waals surface area contributed by atoms with Gasteiger partial charge in [-0.15, -0.1) is 0 Å². The average molecular weight is 462 g/mol. The largest absolute Gasteiger partial charge is 0.255 e. The van der Waals surface area contributed by atoms with Crippen LogP contribution in [0.1, 0.15) is 0 Å². The first-order valence-corrected chi connectivity index (χ1v) is 11.0. The minimum absolute atomic E-state index is 0.972. The molecule has 0 spiro atoms. The van der Waals surface area contributed by atoms with Crippen LogP contribution >= 0.6 is 15.9 Å². The summed E-state index contributed by atoms with van der Waals surface area (Å²) in [4.78, 5) is 4.59. The Balaban J connectivity index is 1.43. The summed E-state index contributed by atoms with van der Waals surface area (Å²) in [5.74, 6) is 0. The van der Waals surface area contributed by atoms with Crippen molar-refractivity contribution < 1.29 is 0 Å². The van der Waals surface area contributed by atoms with Crippen molar-refractivity contribution in [1.29, 1.82) is 0 Å². The van der Waals surface area contributed by atoms with Gasteiger partial charge in [-0.05, 0) is 55.4 Å². The fourth-order valence-electron chi connectivity index (χ4n) is 3.75. The summed E-state index contributed by atoms with van der Waals surface area (Å²) in [5, 5.41) is 0. The second-order valence-corrected chi connectivity index (χ2v) is 8.29. The predicted molar refractivity (Wildman–Crippen MR) is 134 cm³/mol. The number of nitrogens with zero attached hydrogens (tertiary/aromatic N) is 1. The molecule has 0 atom stereocenters. The summed E-state index contributed by atoms with van der Waals surface area (Å²) in [7, 11) is 0. The predicted octanol–water partition coefficient (Wildman–Crippen LogP) is 8.51. The van der Waals surface area contributed by atoms with Crippen LogP contribution in [0.25, 0.3) is 44.6 Å². The van der Waals surface area contributed by atoms with Gasteiger partial charge in [-0.2, -0.15) is 0 Å². The van der Waals surface area contributed by atoms with Crippen molar-refractivity contribution in [3.05, 3.63) is 126 Å². The summed E-state index contributed by atoms with van der Waals surface area (Å²) in [6.45, 7) is 0. The fraction of sp³-hybridized carbons (Fsp3) is 0. The van der Waals surface area contributed by atoms with E-state index in [9.17, 15) is 0 Å². The molecule has 0 aliphatic heterocycles. The van der Waals surface area contributed by atoms with Crippen molar-refractivity contribution in [3.8, 4) is 44.6 Å². The van der Waals surface area contributed by atoms with Crippen molar-refractivity contribution in [3.63, 3.8) is 0 Å². The third kappa shape index (κ3) is 4.21. The molecular formula is C29H20BrN. The van der Waals surface area contributed by atoms with Crippen LogP contribution in [0.3, 0.4) is 0 Å². The molecule has 31 heavy (non-hydrogen) atoms. The fourth-order valence-corrected chi connectivity index (χ4v) is 4.20. The number of benzene rings is 4. The molecule has 1 aromatic heterocycles. The van der Waals surface area contributed by atoms with Gasteiger partial charge in [0.1, 0.15) is 0 Å². The summed E-state index contributed by atoms with van der Waals surface area (Å²) in [5.41, 5.74) is 9.28. The molecule has 0 fully saturated rings. The smallest absolute Gasteiger partial charge is 0.0709 e. The number of rotatable bonds is 4. The van der Waals surface area contributed by atoms with Crippen LogP contribution in [0, 0.1) is 0 Å². The molecule has 0 aliphatic rings. The van der Waals surface area contributed by atoms with Gasteiger partial charge in [-0.3, -0.25) is 4.98 Å². The molecule has 0 unspecified atom stereocenters.